The van der Waals surface area contributed by atoms with Gasteiger partial charge in [-0.3, -0.25) is 0 Å². The summed E-state index contributed by atoms with van der Waals surface area (Å²) in [5, 5.41) is 3.77. The molecular weight excluding hydrogens is 250 g/mol. The molecule has 0 aromatic carbocycles. The van der Waals surface area contributed by atoms with E-state index < -0.39 is 0 Å². The predicted molar refractivity (Wildman–Crippen MR) is 73.2 cm³/mol. The zero-order valence-corrected chi connectivity index (χ0v) is 11.7. The molecule has 0 aliphatic carbocycles. The van der Waals surface area contributed by atoms with Crippen molar-refractivity contribution >= 4 is 11.6 Å². The minimum atomic E-state index is 0.275. The minimum Gasteiger partial charge on any atom is -0.474 e. The van der Waals surface area contributed by atoms with Gasteiger partial charge in [-0.1, -0.05) is 11.6 Å². The number of ether oxygens (including phenoxy) is 1. The minimum absolute atomic E-state index is 0.275. The number of nitrogens with one attached hydrogen (secondary N) is 1. The molecular formula is C13H20ClN3O. The first-order valence-electron chi connectivity index (χ1n) is 6.33. The topological polar surface area (TPSA) is 37.4 Å². The summed E-state index contributed by atoms with van der Waals surface area (Å²) in [5.41, 5.74) is 1.03. The lowest BCUT2D eigenvalue weighted by atomic mass is 10.1. The number of piperidine rings is 1. The first-order chi connectivity index (χ1) is 8.69. The lowest BCUT2D eigenvalue weighted by Crippen LogP contribution is -2.35. The van der Waals surface area contributed by atoms with E-state index in [0.717, 1.165) is 38.0 Å². The lowest BCUT2D eigenvalue weighted by molar-refractivity contribution is 0.110. The van der Waals surface area contributed by atoms with Gasteiger partial charge in [-0.25, -0.2) is 4.98 Å². The van der Waals surface area contributed by atoms with E-state index in [0.29, 0.717) is 10.9 Å². The van der Waals surface area contributed by atoms with Crippen molar-refractivity contribution in [2.45, 2.75) is 25.5 Å². The number of aromatic nitrogens is 1. The third kappa shape index (κ3) is 3.57. The van der Waals surface area contributed by atoms with Crippen LogP contribution in [0.2, 0.25) is 5.02 Å². The van der Waals surface area contributed by atoms with Crippen molar-refractivity contribution in [2.24, 2.45) is 0 Å². The van der Waals surface area contributed by atoms with Crippen LogP contribution in [0.4, 0.5) is 0 Å². The summed E-state index contributed by atoms with van der Waals surface area (Å²) in [5.74, 6) is 0.680. The Morgan fingerprint density at radius 3 is 2.89 bits per heavy atom. The number of hydrogen-bond donors (Lipinski definition) is 1. The number of pyridine rings is 1. The van der Waals surface area contributed by atoms with Crippen LogP contribution in [0.25, 0.3) is 0 Å². The first-order valence-corrected chi connectivity index (χ1v) is 6.71. The summed E-state index contributed by atoms with van der Waals surface area (Å²) >= 11 is 6.07. The zero-order valence-electron chi connectivity index (χ0n) is 10.9. The van der Waals surface area contributed by atoms with Crippen molar-refractivity contribution in [1.29, 1.82) is 0 Å². The molecule has 5 heteroatoms. The van der Waals surface area contributed by atoms with Crippen molar-refractivity contribution in [3.8, 4) is 5.88 Å². The fourth-order valence-corrected chi connectivity index (χ4v) is 2.29. The third-order valence-corrected chi connectivity index (χ3v) is 3.57. The molecule has 1 aromatic rings. The van der Waals surface area contributed by atoms with Gasteiger partial charge in [0.15, 0.2) is 0 Å². The average Bonchev–Trinajstić information content (AvgIpc) is 2.37. The van der Waals surface area contributed by atoms with Crippen LogP contribution in [-0.4, -0.2) is 43.2 Å². The molecule has 100 valence electrons. The maximum atomic E-state index is 6.07. The molecule has 1 aliphatic rings. The van der Waals surface area contributed by atoms with Gasteiger partial charge < -0.3 is 15.0 Å². The van der Waals surface area contributed by atoms with E-state index in [1.165, 1.54) is 0 Å². The van der Waals surface area contributed by atoms with Crippen molar-refractivity contribution in [2.75, 3.05) is 27.2 Å². The van der Waals surface area contributed by atoms with Gasteiger partial charge in [0.25, 0.3) is 0 Å². The molecule has 0 amide bonds. The molecule has 1 fully saturated rings. The molecule has 2 rings (SSSR count). The fourth-order valence-electron chi connectivity index (χ4n) is 2.12. The second kappa shape index (κ2) is 6.36. The van der Waals surface area contributed by atoms with Crippen LogP contribution in [0.1, 0.15) is 18.4 Å². The molecule has 2 heterocycles. The van der Waals surface area contributed by atoms with E-state index in [1.807, 2.05) is 13.1 Å². The Balaban J connectivity index is 1.98. The van der Waals surface area contributed by atoms with Crippen molar-refractivity contribution in [3.05, 3.63) is 22.8 Å². The first kappa shape index (κ1) is 13.6. The maximum absolute atomic E-state index is 6.07. The quantitative estimate of drug-likeness (QED) is 0.906. The molecule has 0 saturated carbocycles. The van der Waals surface area contributed by atoms with Crippen LogP contribution in [0, 0.1) is 0 Å². The van der Waals surface area contributed by atoms with Gasteiger partial charge in [0.1, 0.15) is 6.10 Å². The number of nitrogens with zero attached hydrogens (tertiary/aromatic N) is 2. The molecule has 1 N–H and O–H groups in total. The normalized spacial score (nSPS) is 17.9. The van der Waals surface area contributed by atoms with Crippen LogP contribution in [0.15, 0.2) is 12.3 Å². The van der Waals surface area contributed by atoms with E-state index >= 15 is 0 Å². The van der Waals surface area contributed by atoms with Gasteiger partial charge >= 0.3 is 0 Å². The van der Waals surface area contributed by atoms with Crippen LogP contribution in [0.5, 0.6) is 5.88 Å². The molecule has 18 heavy (non-hydrogen) atoms. The second-order valence-corrected chi connectivity index (χ2v) is 5.17. The summed E-state index contributed by atoms with van der Waals surface area (Å²) in [4.78, 5) is 6.56. The number of hydrogen-bond acceptors (Lipinski definition) is 4. The molecule has 1 saturated heterocycles. The fraction of sp³-hybridized carbons (Fsp3) is 0.615. The smallest absolute Gasteiger partial charge is 0.213 e. The molecule has 0 bridgehead atoms. The van der Waals surface area contributed by atoms with Crippen LogP contribution < -0.4 is 10.1 Å². The van der Waals surface area contributed by atoms with Gasteiger partial charge in [-0.05, 0) is 32.5 Å². The summed E-state index contributed by atoms with van der Waals surface area (Å²) in [7, 11) is 4.04. The highest BCUT2D eigenvalue weighted by Crippen LogP contribution is 2.22. The molecule has 0 spiro atoms. The Bertz CT molecular complexity index is 392. The highest BCUT2D eigenvalue weighted by molar-refractivity contribution is 6.31. The summed E-state index contributed by atoms with van der Waals surface area (Å²) < 4.78 is 5.92. The Labute approximate surface area is 113 Å². The van der Waals surface area contributed by atoms with Crippen LogP contribution in [-0.2, 0) is 6.54 Å². The largest absolute Gasteiger partial charge is 0.474 e. The van der Waals surface area contributed by atoms with Crippen LogP contribution >= 0.6 is 11.6 Å². The van der Waals surface area contributed by atoms with E-state index in [1.54, 1.807) is 6.20 Å². The van der Waals surface area contributed by atoms with E-state index in [2.05, 4.69) is 22.2 Å². The van der Waals surface area contributed by atoms with E-state index in [4.69, 9.17) is 16.3 Å². The standard InChI is InChI=1S/C13H20ClN3O/c1-15-8-10-7-13(16-9-12(10)14)18-11-3-5-17(2)6-4-11/h7,9,11,15H,3-6,8H2,1-2H3. The van der Waals surface area contributed by atoms with Crippen molar-refractivity contribution in [1.82, 2.24) is 15.2 Å². The highest BCUT2D eigenvalue weighted by Gasteiger charge is 2.18. The lowest BCUT2D eigenvalue weighted by Gasteiger charge is -2.29. The molecule has 0 atom stereocenters. The third-order valence-electron chi connectivity index (χ3n) is 3.23. The average molecular weight is 270 g/mol. The van der Waals surface area contributed by atoms with E-state index in [9.17, 15) is 0 Å². The molecule has 0 unspecified atom stereocenters. The molecule has 4 nitrogen and oxygen atoms in total. The van der Waals surface area contributed by atoms with Gasteiger partial charge in [0, 0.05) is 31.9 Å². The summed E-state index contributed by atoms with van der Waals surface area (Å²) in [6, 6.07) is 1.93. The van der Waals surface area contributed by atoms with Crippen LogP contribution in [0.3, 0.4) is 0 Å². The molecule has 1 aliphatic heterocycles. The Hall–Kier alpha value is -0.840. The van der Waals surface area contributed by atoms with Gasteiger partial charge in [-0.2, -0.15) is 0 Å². The molecule has 1 aromatic heterocycles. The predicted octanol–water partition coefficient (Wildman–Crippen LogP) is 1.93. The Morgan fingerprint density at radius 2 is 2.22 bits per heavy atom. The Morgan fingerprint density at radius 1 is 1.50 bits per heavy atom. The molecule has 0 radical (unpaired) electrons. The van der Waals surface area contributed by atoms with E-state index in [-0.39, 0.29) is 6.10 Å². The highest BCUT2D eigenvalue weighted by atomic mass is 35.5. The van der Waals surface area contributed by atoms with Gasteiger partial charge in [0.2, 0.25) is 5.88 Å². The Kier molecular flexibility index (Phi) is 4.80. The summed E-state index contributed by atoms with van der Waals surface area (Å²) in [6.07, 6.45) is 4.06. The maximum Gasteiger partial charge on any atom is 0.213 e. The number of rotatable bonds is 4. The van der Waals surface area contributed by atoms with Crippen molar-refractivity contribution in [3.63, 3.8) is 0 Å². The van der Waals surface area contributed by atoms with Crippen molar-refractivity contribution < 1.29 is 4.74 Å². The zero-order chi connectivity index (χ0) is 13.0. The number of halogens is 1. The van der Waals surface area contributed by atoms with Gasteiger partial charge in [-0.15, -0.1) is 0 Å². The SMILES string of the molecule is CNCc1cc(OC2CCN(C)CC2)ncc1Cl. The van der Waals surface area contributed by atoms with Gasteiger partial charge in [0.05, 0.1) is 5.02 Å². The number of likely N-dealkylation sites (tertiary alicyclic amines) is 1. The second-order valence-electron chi connectivity index (χ2n) is 4.76. The summed E-state index contributed by atoms with van der Waals surface area (Å²) in [6.45, 7) is 2.90. The monoisotopic (exact) mass is 269 g/mol.